The molecule has 3 N–H and O–H groups in total. The fourth-order valence-corrected chi connectivity index (χ4v) is 2.74. The monoisotopic (exact) mass is 330 g/mol. The summed E-state index contributed by atoms with van der Waals surface area (Å²) in [6, 6.07) is 5.23. The number of urea groups is 1. The van der Waals surface area contributed by atoms with Crippen molar-refractivity contribution in [2.45, 2.75) is 6.92 Å². The Morgan fingerprint density at radius 1 is 1.33 bits per heavy atom. The number of H-pyrrole nitrogens is 1. The smallest absolute Gasteiger partial charge is 0.319 e. The minimum atomic E-state index is -0.374. The summed E-state index contributed by atoms with van der Waals surface area (Å²) in [6.07, 6.45) is 1.53. The predicted octanol–water partition coefficient (Wildman–Crippen LogP) is 1.29. The summed E-state index contributed by atoms with van der Waals surface area (Å²) < 4.78 is 5.28. The van der Waals surface area contributed by atoms with Crippen LogP contribution in [0.4, 0.5) is 10.5 Å². The summed E-state index contributed by atoms with van der Waals surface area (Å²) in [5.41, 5.74) is 1.82. The van der Waals surface area contributed by atoms with Crippen LogP contribution in [0.3, 0.4) is 0 Å². The lowest BCUT2D eigenvalue weighted by molar-refractivity contribution is 0.0388. The molecule has 0 aliphatic carbocycles. The molecular weight excluding hydrogens is 308 g/mol. The molecule has 0 radical (unpaired) electrons. The number of aromatic amines is 1. The zero-order valence-electron chi connectivity index (χ0n) is 13.7. The molecule has 24 heavy (non-hydrogen) atoms. The molecule has 2 aromatic rings. The highest BCUT2D eigenvalue weighted by Gasteiger charge is 2.11. The summed E-state index contributed by atoms with van der Waals surface area (Å²) in [5, 5.41) is 5.97. The van der Waals surface area contributed by atoms with Crippen LogP contribution in [0.25, 0.3) is 10.9 Å². The van der Waals surface area contributed by atoms with Gasteiger partial charge in [0.25, 0.3) is 0 Å². The Labute approximate surface area is 140 Å². The maximum atomic E-state index is 12.5. The summed E-state index contributed by atoms with van der Waals surface area (Å²) in [6.45, 7) is 6.45. The maximum Gasteiger partial charge on any atom is 0.319 e. The van der Waals surface area contributed by atoms with E-state index in [1.165, 1.54) is 6.20 Å². The molecule has 0 spiro atoms. The molecule has 2 heterocycles. The van der Waals surface area contributed by atoms with E-state index in [-0.39, 0.29) is 17.1 Å². The first-order valence-electron chi connectivity index (χ1n) is 8.10. The van der Waals surface area contributed by atoms with Crippen LogP contribution in [0.1, 0.15) is 5.56 Å². The number of carbonyl (C=O) groups excluding carboxylic acids is 1. The Hall–Kier alpha value is -2.38. The Balaban J connectivity index is 1.58. The van der Waals surface area contributed by atoms with Crippen LogP contribution in [0.15, 0.2) is 29.2 Å². The van der Waals surface area contributed by atoms with Crippen LogP contribution in [-0.2, 0) is 4.74 Å². The fraction of sp³-hybridized carbons (Fsp3) is 0.412. The first kappa shape index (κ1) is 16.5. The highest BCUT2D eigenvalue weighted by Crippen LogP contribution is 2.12. The number of anilines is 1. The topological polar surface area (TPSA) is 86.5 Å². The summed E-state index contributed by atoms with van der Waals surface area (Å²) in [4.78, 5) is 29.7. The number of morpholine rings is 1. The Bertz CT molecular complexity index is 781. The number of nitrogens with zero attached hydrogens (tertiary/aromatic N) is 1. The Morgan fingerprint density at radius 2 is 2.12 bits per heavy atom. The van der Waals surface area contributed by atoms with Gasteiger partial charge in [-0.1, -0.05) is 11.6 Å². The van der Waals surface area contributed by atoms with Gasteiger partial charge >= 0.3 is 6.03 Å². The number of pyridine rings is 1. The van der Waals surface area contributed by atoms with E-state index >= 15 is 0 Å². The number of aryl methyl sites for hydroxylation is 1. The number of ether oxygens (including phenoxy) is 1. The second kappa shape index (κ2) is 7.46. The highest BCUT2D eigenvalue weighted by atomic mass is 16.5. The van der Waals surface area contributed by atoms with E-state index in [4.69, 9.17) is 4.74 Å². The standard InChI is InChI=1S/C17H22N4O3/c1-12-2-3-14-13(10-12)16(22)15(11-19-14)20-17(23)18-4-5-21-6-8-24-9-7-21/h2-3,10-11H,4-9H2,1H3,(H,19,22)(H2,18,20,23). The van der Waals surface area contributed by atoms with Crippen LogP contribution in [0.5, 0.6) is 0 Å². The highest BCUT2D eigenvalue weighted by molar-refractivity contribution is 5.91. The lowest BCUT2D eigenvalue weighted by Gasteiger charge is -2.26. The first-order chi connectivity index (χ1) is 11.6. The molecule has 1 aliphatic heterocycles. The predicted molar refractivity (Wildman–Crippen MR) is 93.6 cm³/mol. The van der Waals surface area contributed by atoms with Gasteiger partial charge in [-0.15, -0.1) is 0 Å². The van der Waals surface area contributed by atoms with Gasteiger partial charge in [-0.05, 0) is 19.1 Å². The quantitative estimate of drug-likeness (QED) is 0.788. The fourth-order valence-electron chi connectivity index (χ4n) is 2.74. The van der Waals surface area contributed by atoms with Gasteiger partial charge < -0.3 is 20.4 Å². The van der Waals surface area contributed by atoms with E-state index in [1.807, 2.05) is 25.1 Å². The molecule has 0 saturated carbocycles. The Morgan fingerprint density at radius 3 is 2.92 bits per heavy atom. The SMILES string of the molecule is Cc1ccc2[nH]cc(NC(=O)NCCN3CCOCC3)c(=O)c2c1. The molecule has 0 bridgehead atoms. The van der Waals surface area contributed by atoms with Crippen molar-refractivity contribution in [1.82, 2.24) is 15.2 Å². The van der Waals surface area contributed by atoms with Crippen molar-refractivity contribution in [2.24, 2.45) is 0 Å². The van der Waals surface area contributed by atoms with Gasteiger partial charge in [0.05, 0.1) is 13.2 Å². The molecule has 0 unspecified atom stereocenters. The van der Waals surface area contributed by atoms with Crippen molar-refractivity contribution in [3.05, 3.63) is 40.2 Å². The minimum absolute atomic E-state index is 0.184. The third kappa shape index (κ3) is 3.93. The number of hydrogen-bond donors (Lipinski definition) is 3. The normalized spacial score (nSPS) is 15.4. The average Bonchev–Trinajstić information content (AvgIpc) is 2.59. The second-order valence-corrected chi connectivity index (χ2v) is 5.92. The number of nitrogens with one attached hydrogen (secondary N) is 3. The summed E-state index contributed by atoms with van der Waals surface area (Å²) in [5.74, 6) is 0. The lowest BCUT2D eigenvalue weighted by Crippen LogP contribution is -2.42. The number of amides is 2. The maximum absolute atomic E-state index is 12.5. The van der Waals surface area contributed by atoms with E-state index in [2.05, 4.69) is 20.5 Å². The van der Waals surface area contributed by atoms with E-state index in [0.717, 1.165) is 43.9 Å². The van der Waals surface area contributed by atoms with E-state index in [9.17, 15) is 9.59 Å². The zero-order chi connectivity index (χ0) is 16.9. The van der Waals surface area contributed by atoms with Gasteiger partial charge in [0, 0.05) is 43.3 Å². The van der Waals surface area contributed by atoms with E-state index in [1.54, 1.807) is 0 Å². The van der Waals surface area contributed by atoms with Crippen molar-refractivity contribution >= 4 is 22.6 Å². The van der Waals surface area contributed by atoms with Gasteiger partial charge in [0.2, 0.25) is 5.43 Å². The molecule has 1 saturated heterocycles. The largest absolute Gasteiger partial charge is 0.379 e. The van der Waals surface area contributed by atoms with Crippen molar-refractivity contribution in [3.8, 4) is 0 Å². The third-order valence-corrected chi connectivity index (χ3v) is 4.10. The number of carbonyl (C=O) groups is 1. The molecular formula is C17H22N4O3. The number of hydrogen-bond acceptors (Lipinski definition) is 4. The van der Waals surface area contributed by atoms with Gasteiger partial charge in [-0.25, -0.2) is 4.79 Å². The van der Waals surface area contributed by atoms with Gasteiger partial charge in [0.15, 0.2) is 0 Å². The van der Waals surface area contributed by atoms with E-state index in [0.29, 0.717) is 11.9 Å². The molecule has 0 atom stereocenters. The molecule has 1 aromatic heterocycles. The van der Waals surface area contributed by atoms with Gasteiger partial charge in [0.1, 0.15) is 5.69 Å². The third-order valence-electron chi connectivity index (χ3n) is 4.10. The van der Waals surface area contributed by atoms with Crippen molar-refractivity contribution in [1.29, 1.82) is 0 Å². The van der Waals surface area contributed by atoms with Crippen LogP contribution < -0.4 is 16.1 Å². The number of aromatic nitrogens is 1. The molecule has 1 aromatic carbocycles. The van der Waals surface area contributed by atoms with Gasteiger partial charge in [-0.3, -0.25) is 9.69 Å². The van der Waals surface area contributed by atoms with Gasteiger partial charge in [-0.2, -0.15) is 0 Å². The summed E-state index contributed by atoms with van der Waals surface area (Å²) in [7, 11) is 0. The molecule has 2 amide bonds. The number of benzene rings is 1. The number of fused-ring (bicyclic) bond motifs is 1. The second-order valence-electron chi connectivity index (χ2n) is 5.92. The molecule has 1 aliphatic rings. The molecule has 3 rings (SSSR count). The van der Waals surface area contributed by atoms with Crippen LogP contribution in [-0.4, -0.2) is 55.3 Å². The Kier molecular flexibility index (Phi) is 5.12. The molecule has 7 heteroatoms. The molecule has 7 nitrogen and oxygen atoms in total. The van der Waals surface area contributed by atoms with Crippen LogP contribution in [0, 0.1) is 6.92 Å². The molecule has 1 fully saturated rings. The minimum Gasteiger partial charge on any atom is -0.379 e. The molecule has 128 valence electrons. The van der Waals surface area contributed by atoms with Crippen molar-refractivity contribution < 1.29 is 9.53 Å². The zero-order valence-corrected chi connectivity index (χ0v) is 13.7. The first-order valence-corrected chi connectivity index (χ1v) is 8.10. The van der Waals surface area contributed by atoms with E-state index < -0.39 is 0 Å². The van der Waals surface area contributed by atoms with Crippen molar-refractivity contribution in [2.75, 3.05) is 44.7 Å². The summed E-state index contributed by atoms with van der Waals surface area (Å²) >= 11 is 0. The number of rotatable bonds is 4. The lowest BCUT2D eigenvalue weighted by atomic mass is 10.1. The van der Waals surface area contributed by atoms with Crippen LogP contribution >= 0.6 is 0 Å². The van der Waals surface area contributed by atoms with Crippen LogP contribution in [0.2, 0.25) is 0 Å². The average molecular weight is 330 g/mol. The van der Waals surface area contributed by atoms with Crippen molar-refractivity contribution in [3.63, 3.8) is 0 Å².